The summed E-state index contributed by atoms with van der Waals surface area (Å²) in [4.78, 5) is 19.6. The fourth-order valence-electron chi connectivity index (χ4n) is 3.98. The summed E-state index contributed by atoms with van der Waals surface area (Å²) >= 11 is 0. The van der Waals surface area contributed by atoms with Crippen LogP contribution >= 0.6 is 0 Å². The van der Waals surface area contributed by atoms with Crippen LogP contribution in [0.4, 0.5) is 13.2 Å². The molecule has 1 unspecified atom stereocenters. The van der Waals surface area contributed by atoms with E-state index in [-0.39, 0.29) is 12.5 Å². The molecule has 1 N–H and O–H groups in total. The summed E-state index contributed by atoms with van der Waals surface area (Å²) in [5, 5.41) is 3.44. The van der Waals surface area contributed by atoms with E-state index in [1.807, 2.05) is 13.8 Å². The third kappa shape index (κ3) is 4.30. The zero-order valence-corrected chi connectivity index (χ0v) is 17.8. The highest BCUT2D eigenvalue weighted by molar-refractivity contribution is 6.48. The molecule has 3 rings (SSSR count). The highest BCUT2D eigenvalue weighted by Gasteiger charge is 2.46. The molecule has 1 amide bonds. The van der Waals surface area contributed by atoms with Gasteiger partial charge in [-0.25, -0.2) is 0 Å². The van der Waals surface area contributed by atoms with Crippen molar-refractivity contribution in [2.45, 2.75) is 51.9 Å². The lowest BCUT2D eigenvalue weighted by molar-refractivity contribution is -0.137. The van der Waals surface area contributed by atoms with Gasteiger partial charge in [0.25, 0.3) is 5.91 Å². The van der Waals surface area contributed by atoms with Crippen LogP contribution in [0.15, 0.2) is 53.2 Å². The zero-order valence-electron chi connectivity index (χ0n) is 17.8. The average molecular weight is 419 g/mol. The van der Waals surface area contributed by atoms with Crippen LogP contribution in [0.3, 0.4) is 0 Å². The van der Waals surface area contributed by atoms with Gasteiger partial charge in [-0.3, -0.25) is 9.79 Å². The fraction of sp³-hybridized carbons (Fsp3) is 0.478. The number of aliphatic imine (C=N–C) groups is 1. The van der Waals surface area contributed by atoms with Crippen molar-refractivity contribution in [1.82, 2.24) is 10.2 Å². The largest absolute Gasteiger partial charge is 0.416 e. The Bertz CT molecular complexity index is 913. The minimum atomic E-state index is -4.46. The first-order valence-electron chi connectivity index (χ1n) is 10.1. The van der Waals surface area contributed by atoms with E-state index < -0.39 is 23.3 Å². The number of amides is 1. The molecule has 1 aromatic rings. The number of hydrogen-bond acceptors (Lipinski definition) is 3. The smallest absolute Gasteiger partial charge is 0.386 e. The second kappa shape index (κ2) is 7.93. The number of benzene rings is 1. The van der Waals surface area contributed by atoms with Gasteiger partial charge < -0.3 is 10.2 Å². The standard InChI is InChI=1S/C23H28F3N3O/c1-6-10-29-20(15-8-7-9-16(12-15)23(24,25)26)18-17(11-14(2)3)27-13-22(4,5)28-19(18)21(29)30/h6-9,12,14,20,27H,1,10-11,13H2,2-5H3. The first kappa shape index (κ1) is 22.1. The maximum absolute atomic E-state index is 13.4. The number of rotatable bonds is 5. The Morgan fingerprint density at radius 1 is 1.37 bits per heavy atom. The molecule has 4 nitrogen and oxygen atoms in total. The van der Waals surface area contributed by atoms with Crippen molar-refractivity contribution >= 4 is 11.6 Å². The van der Waals surface area contributed by atoms with Crippen molar-refractivity contribution in [2.24, 2.45) is 10.9 Å². The summed E-state index contributed by atoms with van der Waals surface area (Å²) in [6.07, 6.45) is -2.20. The number of alkyl halides is 3. The van der Waals surface area contributed by atoms with E-state index in [0.29, 0.717) is 35.7 Å². The van der Waals surface area contributed by atoms with Gasteiger partial charge in [0.1, 0.15) is 5.71 Å². The second-order valence-electron chi connectivity index (χ2n) is 8.89. The number of hydrogen-bond donors (Lipinski definition) is 1. The highest BCUT2D eigenvalue weighted by Crippen LogP contribution is 2.42. The Kier molecular flexibility index (Phi) is 5.85. The molecule has 1 atom stereocenters. The minimum absolute atomic E-state index is 0.220. The van der Waals surface area contributed by atoms with Crippen LogP contribution in [0, 0.1) is 5.92 Å². The van der Waals surface area contributed by atoms with Gasteiger partial charge in [0, 0.05) is 24.4 Å². The van der Waals surface area contributed by atoms with Gasteiger partial charge in [-0.15, -0.1) is 6.58 Å². The number of allylic oxidation sites excluding steroid dienone is 1. The average Bonchev–Trinajstić information content (AvgIpc) is 2.82. The van der Waals surface area contributed by atoms with Crippen molar-refractivity contribution in [3.05, 3.63) is 59.3 Å². The normalized spacial score (nSPS) is 21.3. The Labute approximate surface area is 175 Å². The molecule has 2 aliphatic heterocycles. The zero-order chi connectivity index (χ0) is 22.3. The van der Waals surface area contributed by atoms with Crippen LogP contribution in [0.1, 0.15) is 51.3 Å². The summed E-state index contributed by atoms with van der Waals surface area (Å²) in [7, 11) is 0. The second-order valence-corrected chi connectivity index (χ2v) is 8.89. The van der Waals surface area contributed by atoms with Crippen molar-refractivity contribution in [1.29, 1.82) is 0 Å². The number of nitrogens with zero attached hydrogens (tertiary/aromatic N) is 2. The molecule has 1 saturated heterocycles. The topological polar surface area (TPSA) is 44.7 Å². The van der Waals surface area contributed by atoms with Gasteiger partial charge in [0.2, 0.25) is 0 Å². The minimum Gasteiger partial charge on any atom is -0.386 e. The number of nitrogens with one attached hydrogen (secondary N) is 1. The highest BCUT2D eigenvalue weighted by atomic mass is 19.4. The van der Waals surface area contributed by atoms with Crippen molar-refractivity contribution in [3.63, 3.8) is 0 Å². The van der Waals surface area contributed by atoms with E-state index in [1.54, 1.807) is 17.0 Å². The first-order chi connectivity index (χ1) is 13.9. The number of halogens is 3. The van der Waals surface area contributed by atoms with Gasteiger partial charge >= 0.3 is 6.18 Å². The number of likely N-dealkylation sites (tertiary alicyclic amines) is 1. The van der Waals surface area contributed by atoms with Gasteiger partial charge in [0.05, 0.1) is 17.1 Å². The SMILES string of the molecule is C=CCN1C(=O)C2=NC(C)(C)CNC(CC(C)C)=C2C1c1cccc(C(F)(F)F)c1. The Balaban J connectivity index is 2.25. The molecule has 0 saturated carbocycles. The van der Waals surface area contributed by atoms with Gasteiger partial charge in [-0.05, 0) is 43.9 Å². The van der Waals surface area contributed by atoms with Crippen LogP contribution in [0.2, 0.25) is 0 Å². The maximum atomic E-state index is 13.4. The number of carbonyl (C=O) groups is 1. The van der Waals surface area contributed by atoms with Crippen LogP contribution in [0.5, 0.6) is 0 Å². The number of fused-ring (bicyclic) bond motifs is 1. The molecule has 1 fully saturated rings. The van der Waals surface area contributed by atoms with Crippen LogP contribution < -0.4 is 5.32 Å². The molecular weight excluding hydrogens is 391 g/mol. The van der Waals surface area contributed by atoms with Gasteiger partial charge in [-0.2, -0.15) is 13.2 Å². The molecule has 0 aromatic heterocycles. The molecule has 0 spiro atoms. The lowest BCUT2D eigenvalue weighted by Gasteiger charge is -2.27. The van der Waals surface area contributed by atoms with Crippen LogP contribution in [-0.4, -0.2) is 35.1 Å². The maximum Gasteiger partial charge on any atom is 0.416 e. The van der Waals surface area contributed by atoms with Gasteiger partial charge in [-0.1, -0.05) is 32.1 Å². The van der Waals surface area contributed by atoms with Crippen molar-refractivity contribution in [2.75, 3.05) is 13.1 Å². The molecule has 2 heterocycles. The van der Waals surface area contributed by atoms with Crippen LogP contribution in [0.25, 0.3) is 0 Å². The van der Waals surface area contributed by atoms with Gasteiger partial charge in [0.15, 0.2) is 0 Å². The third-order valence-electron chi connectivity index (χ3n) is 5.25. The molecule has 30 heavy (non-hydrogen) atoms. The first-order valence-corrected chi connectivity index (χ1v) is 10.1. The summed E-state index contributed by atoms with van der Waals surface area (Å²) in [5.74, 6) is 0.0264. The quantitative estimate of drug-likeness (QED) is 0.690. The summed E-state index contributed by atoms with van der Waals surface area (Å²) in [6.45, 7) is 12.5. The fourth-order valence-corrected chi connectivity index (χ4v) is 3.98. The predicted molar refractivity (Wildman–Crippen MR) is 112 cm³/mol. The molecule has 162 valence electrons. The van der Waals surface area contributed by atoms with E-state index in [0.717, 1.165) is 17.8 Å². The molecule has 7 heteroatoms. The third-order valence-corrected chi connectivity index (χ3v) is 5.25. The van der Waals surface area contributed by atoms with E-state index in [4.69, 9.17) is 4.99 Å². The van der Waals surface area contributed by atoms with E-state index >= 15 is 0 Å². The number of carbonyl (C=O) groups excluding carboxylic acids is 1. The summed E-state index contributed by atoms with van der Waals surface area (Å²) in [6, 6.07) is 4.56. The lowest BCUT2D eigenvalue weighted by Crippen LogP contribution is -2.35. The Morgan fingerprint density at radius 3 is 2.67 bits per heavy atom. The van der Waals surface area contributed by atoms with Crippen LogP contribution in [-0.2, 0) is 11.0 Å². The van der Waals surface area contributed by atoms with Crippen molar-refractivity contribution in [3.8, 4) is 0 Å². The molecular formula is C23H28F3N3O. The van der Waals surface area contributed by atoms with E-state index in [1.165, 1.54) is 6.07 Å². The van der Waals surface area contributed by atoms with E-state index in [2.05, 4.69) is 25.7 Å². The Hall–Kier alpha value is -2.57. The molecule has 0 bridgehead atoms. The Morgan fingerprint density at radius 2 is 2.07 bits per heavy atom. The molecule has 2 aliphatic rings. The molecule has 0 aliphatic carbocycles. The summed E-state index contributed by atoms with van der Waals surface area (Å²) < 4.78 is 40.1. The predicted octanol–water partition coefficient (Wildman–Crippen LogP) is 4.90. The molecule has 0 radical (unpaired) electrons. The monoisotopic (exact) mass is 419 g/mol. The molecule has 1 aromatic carbocycles. The van der Waals surface area contributed by atoms with Crippen molar-refractivity contribution < 1.29 is 18.0 Å². The lowest BCUT2D eigenvalue weighted by atomic mass is 9.92. The van der Waals surface area contributed by atoms with E-state index in [9.17, 15) is 18.0 Å². The summed E-state index contributed by atoms with van der Waals surface area (Å²) in [5.41, 5.74) is 1.06.